The van der Waals surface area contributed by atoms with E-state index in [1.807, 2.05) is 4.90 Å². The topological polar surface area (TPSA) is 40.8 Å². The highest BCUT2D eigenvalue weighted by Crippen LogP contribution is 2.41. The van der Waals surface area contributed by atoms with Gasteiger partial charge in [-0.3, -0.25) is 9.69 Å². The van der Waals surface area contributed by atoms with Crippen molar-refractivity contribution in [3.05, 3.63) is 41.3 Å². The molecule has 1 amide bonds. The van der Waals surface area contributed by atoms with E-state index >= 15 is 0 Å². The first-order valence-corrected chi connectivity index (χ1v) is 9.04. The fourth-order valence-corrected chi connectivity index (χ4v) is 4.14. The van der Waals surface area contributed by atoms with E-state index < -0.39 is 5.54 Å². The van der Waals surface area contributed by atoms with Crippen molar-refractivity contribution in [2.75, 3.05) is 26.2 Å². The van der Waals surface area contributed by atoms with Crippen LogP contribution < -0.4 is 0 Å². The standard InChI is InChI=1S/C19H25FN4O/c1-15(25)23-10-3-11-24(13-12-23)17-6-8-19(21-2,9-7-17)18-5-4-16(20)14-22-18/h4-5,14,17H,3,6-13H2,1H3. The van der Waals surface area contributed by atoms with Crippen LogP contribution in [-0.2, 0) is 10.3 Å². The Morgan fingerprint density at radius 2 is 2.04 bits per heavy atom. The van der Waals surface area contributed by atoms with Crippen LogP contribution >= 0.6 is 0 Å². The number of nitrogens with zero attached hydrogens (tertiary/aromatic N) is 4. The summed E-state index contributed by atoms with van der Waals surface area (Å²) < 4.78 is 13.1. The van der Waals surface area contributed by atoms with E-state index in [4.69, 9.17) is 6.57 Å². The first-order chi connectivity index (χ1) is 12.0. The summed E-state index contributed by atoms with van der Waals surface area (Å²) in [4.78, 5) is 24.1. The molecular formula is C19H25FN4O. The molecule has 1 saturated carbocycles. The average molecular weight is 344 g/mol. The van der Waals surface area contributed by atoms with Crippen LogP contribution in [0.5, 0.6) is 0 Å². The lowest BCUT2D eigenvalue weighted by atomic mass is 9.77. The molecular weight excluding hydrogens is 319 g/mol. The Bertz CT molecular complexity index is 646. The molecule has 0 spiro atoms. The van der Waals surface area contributed by atoms with Crippen LogP contribution in [0.3, 0.4) is 0 Å². The van der Waals surface area contributed by atoms with Gasteiger partial charge in [0.25, 0.3) is 5.54 Å². The molecule has 134 valence electrons. The molecule has 0 atom stereocenters. The molecule has 0 unspecified atom stereocenters. The second-order valence-electron chi connectivity index (χ2n) is 7.13. The molecule has 2 aliphatic rings. The van der Waals surface area contributed by atoms with Gasteiger partial charge in [-0.05, 0) is 31.4 Å². The van der Waals surface area contributed by atoms with Crippen molar-refractivity contribution in [1.29, 1.82) is 0 Å². The van der Waals surface area contributed by atoms with Crippen LogP contribution in [0, 0.1) is 12.4 Å². The normalized spacial score (nSPS) is 28.2. The maximum atomic E-state index is 13.1. The SMILES string of the molecule is [C-]#[N+]C1(c2ccc(F)cn2)CCC(N2CCCN(C(C)=O)CC2)CC1. The zero-order chi connectivity index (χ0) is 17.9. The van der Waals surface area contributed by atoms with Crippen LogP contribution in [0.1, 0.15) is 44.7 Å². The number of pyridine rings is 1. The second kappa shape index (κ2) is 7.49. The number of hydrogen-bond donors (Lipinski definition) is 0. The first-order valence-electron chi connectivity index (χ1n) is 9.04. The van der Waals surface area contributed by atoms with Crippen molar-refractivity contribution in [3.63, 3.8) is 0 Å². The Morgan fingerprint density at radius 3 is 2.64 bits per heavy atom. The van der Waals surface area contributed by atoms with Crippen LogP contribution in [0.4, 0.5) is 4.39 Å². The van der Waals surface area contributed by atoms with E-state index in [2.05, 4.69) is 14.7 Å². The molecule has 0 aromatic carbocycles. The lowest BCUT2D eigenvalue weighted by molar-refractivity contribution is -0.128. The molecule has 1 aliphatic carbocycles. The number of hydrogen-bond acceptors (Lipinski definition) is 3. The van der Waals surface area contributed by atoms with Crippen molar-refractivity contribution in [1.82, 2.24) is 14.8 Å². The molecule has 5 nitrogen and oxygen atoms in total. The number of rotatable bonds is 2. The summed E-state index contributed by atoms with van der Waals surface area (Å²) in [6.07, 6.45) is 5.62. The van der Waals surface area contributed by atoms with Crippen molar-refractivity contribution in [2.24, 2.45) is 0 Å². The van der Waals surface area contributed by atoms with Crippen molar-refractivity contribution in [3.8, 4) is 0 Å². The first kappa shape index (κ1) is 17.8. The van der Waals surface area contributed by atoms with Crippen molar-refractivity contribution < 1.29 is 9.18 Å². The molecule has 0 bridgehead atoms. The van der Waals surface area contributed by atoms with Gasteiger partial charge >= 0.3 is 0 Å². The highest BCUT2D eigenvalue weighted by atomic mass is 19.1. The molecule has 2 fully saturated rings. The second-order valence-corrected chi connectivity index (χ2v) is 7.13. The predicted octanol–water partition coefficient (Wildman–Crippen LogP) is 2.83. The smallest absolute Gasteiger partial charge is 0.274 e. The molecule has 1 aromatic heterocycles. The van der Waals surface area contributed by atoms with Gasteiger partial charge in [0.05, 0.1) is 6.20 Å². The molecule has 1 aliphatic heterocycles. The van der Waals surface area contributed by atoms with Gasteiger partial charge in [-0.1, -0.05) is 0 Å². The van der Waals surface area contributed by atoms with Crippen molar-refractivity contribution in [2.45, 2.75) is 50.6 Å². The maximum Gasteiger partial charge on any atom is 0.274 e. The molecule has 1 saturated heterocycles. The summed E-state index contributed by atoms with van der Waals surface area (Å²) in [7, 11) is 0. The van der Waals surface area contributed by atoms with E-state index in [1.54, 1.807) is 13.0 Å². The van der Waals surface area contributed by atoms with E-state index in [9.17, 15) is 9.18 Å². The number of carbonyl (C=O) groups is 1. The highest BCUT2D eigenvalue weighted by Gasteiger charge is 2.45. The summed E-state index contributed by atoms with van der Waals surface area (Å²) in [5.41, 5.74) is 0.0857. The largest absolute Gasteiger partial charge is 0.342 e. The number of carbonyl (C=O) groups excluding carboxylic acids is 1. The molecule has 0 N–H and O–H groups in total. The molecule has 1 aromatic rings. The fraction of sp³-hybridized carbons (Fsp3) is 0.632. The molecule has 3 rings (SSSR count). The van der Waals surface area contributed by atoms with Gasteiger partial charge in [-0.25, -0.2) is 15.9 Å². The van der Waals surface area contributed by atoms with E-state index in [-0.39, 0.29) is 11.7 Å². The summed E-state index contributed by atoms with van der Waals surface area (Å²) >= 11 is 0. The average Bonchev–Trinajstić information content (AvgIpc) is 2.89. The highest BCUT2D eigenvalue weighted by molar-refractivity contribution is 5.73. The predicted molar refractivity (Wildman–Crippen MR) is 93.2 cm³/mol. The molecule has 0 radical (unpaired) electrons. The van der Waals surface area contributed by atoms with Gasteiger partial charge in [0.1, 0.15) is 11.5 Å². The van der Waals surface area contributed by atoms with E-state index in [0.717, 1.165) is 58.3 Å². The lowest BCUT2D eigenvalue weighted by Crippen LogP contribution is -2.43. The van der Waals surface area contributed by atoms with Crippen molar-refractivity contribution >= 4 is 5.91 Å². The Hall–Kier alpha value is -2.00. The summed E-state index contributed by atoms with van der Waals surface area (Å²) in [5.74, 6) is -0.211. The fourth-order valence-electron chi connectivity index (χ4n) is 4.14. The summed E-state index contributed by atoms with van der Waals surface area (Å²) in [5, 5.41) is 0. The molecule has 25 heavy (non-hydrogen) atoms. The Labute approximate surface area is 148 Å². The third kappa shape index (κ3) is 3.82. The minimum Gasteiger partial charge on any atom is -0.342 e. The quantitative estimate of drug-likeness (QED) is 0.775. The zero-order valence-corrected chi connectivity index (χ0v) is 14.7. The van der Waals surface area contributed by atoms with Gasteiger partial charge < -0.3 is 9.74 Å². The van der Waals surface area contributed by atoms with Crippen LogP contribution in [0.2, 0.25) is 0 Å². The Balaban J connectivity index is 1.63. The lowest BCUT2D eigenvalue weighted by Gasteiger charge is -2.37. The monoisotopic (exact) mass is 344 g/mol. The molecule has 2 heterocycles. The Morgan fingerprint density at radius 1 is 1.28 bits per heavy atom. The van der Waals surface area contributed by atoms with E-state index in [0.29, 0.717) is 11.7 Å². The summed E-state index contributed by atoms with van der Waals surface area (Å²) in [6, 6.07) is 3.51. The molecule has 6 heteroatoms. The van der Waals surface area contributed by atoms with Crippen LogP contribution in [0.15, 0.2) is 18.3 Å². The van der Waals surface area contributed by atoms with Gasteiger partial charge in [0.15, 0.2) is 0 Å². The maximum absolute atomic E-state index is 13.1. The minimum absolute atomic E-state index is 0.153. The van der Waals surface area contributed by atoms with Crippen LogP contribution in [-0.4, -0.2) is 52.9 Å². The van der Waals surface area contributed by atoms with Gasteiger partial charge in [0.2, 0.25) is 5.91 Å². The van der Waals surface area contributed by atoms with Gasteiger partial charge in [-0.15, -0.1) is 0 Å². The Kier molecular flexibility index (Phi) is 5.33. The van der Waals surface area contributed by atoms with E-state index in [1.165, 1.54) is 12.3 Å². The summed E-state index contributed by atoms with van der Waals surface area (Å²) in [6.45, 7) is 12.9. The third-order valence-electron chi connectivity index (χ3n) is 5.69. The zero-order valence-electron chi connectivity index (χ0n) is 14.7. The van der Waals surface area contributed by atoms with Gasteiger partial charge in [0, 0.05) is 52.0 Å². The number of halogens is 1. The number of amides is 1. The van der Waals surface area contributed by atoms with Crippen LogP contribution in [0.25, 0.3) is 4.85 Å². The number of aromatic nitrogens is 1. The third-order valence-corrected chi connectivity index (χ3v) is 5.69. The minimum atomic E-state index is -0.610. The van der Waals surface area contributed by atoms with Gasteiger partial charge in [-0.2, -0.15) is 0 Å².